The number of hydrogen-bond donors (Lipinski definition) is 0. The maximum absolute atomic E-state index is 13.4. The lowest BCUT2D eigenvalue weighted by Crippen LogP contribution is -2.00. The van der Waals surface area contributed by atoms with Gasteiger partial charge in [-0.1, -0.05) is 11.6 Å². The van der Waals surface area contributed by atoms with Gasteiger partial charge < -0.3 is 0 Å². The first-order chi connectivity index (χ1) is 7.34. The number of nitrogens with zero attached hydrogens (tertiary/aromatic N) is 1. The van der Waals surface area contributed by atoms with E-state index in [1.807, 2.05) is 0 Å². The van der Waals surface area contributed by atoms with Gasteiger partial charge in [-0.15, -0.1) is 4.36 Å². The summed E-state index contributed by atoms with van der Waals surface area (Å²) in [6.07, 6.45) is 0. The van der Waals surface area contributed by atoms with Crippen LogP contribution in [-0.4, -0.2) is 13.7 Å². The SMILES string of the molecule is O=C(Cl)c1c(F)cc(Cl)c(N=S(=O)=O)c1F. The molecule has 0 radical (unpaired) electrons. The van der Waals surface area contributed by atoms with Gasteiger partial charge in [0, 0.05) is 0 Å². The van der Waals surface area contributed by atoms with E-state index in [0.717, 1.165) is 0 Å². The average Bonchev–Trinajstić information content (AvgIpc) is 2.10. The molecule has 0 saturated carbocycles. The second kappa shape index (κ2) is 4.86. The summed E-state index contributed by atoms with van der Waals surface area (Å²) in [5.41, 5.74) is -1.96. The van der Waals surface area contributed by atoms with E-state index in [1.54, 1.807) is 0 Å². The maximum atomic E-state index is 13.4. The van der Waals surface area contributed by atoms with Crippen molar-refractivity contribution in [3.8, 4) is 0 Å². The largest absolute Gasteiger partial charge is 0.316 e. The standard InChI is InChI=1S/C7HCl2F2NO3S/c8-2-1-3(10)4(7(9)13)5(11)6(2)12-16(14)15/h1H. The number of rotatable bonds is 2. The summed E-state index contributed by atoms with van der Waals surface area (Å²) < 4.78 is 49.7. The van der Waals surface area contributed by atoms with Gasteiger partial charge in [-0.05, 0) is 17.7 Å². The first-order valence-electron chi connectivity index (χ1n) is 3.53. The Labute approximate surface area is 99.5 Å². The van der Waals surface area contributed by atoms with Crippen LogP contribution in [0.1, 0.15) is 10.4 Å². The molecule has 0 aliphatic carbocycles. The molecule has 0 aromatic heterocycles. The highest BCUT2D eigenvalue weighted by molar-refractivity contribution is 7.61. The minimum atomic E-state index is -2.99. The molecule has 0 bridgehead atoms. The van der Waals surface area contributed by atoms with Gasteiger partial charge in [0.25, 0.3) is 5.24 Å². The molecular weight excluding hydrogens is 287 g/mol. The summed E-state index contributed by atoms with van der Waals surface area (Å²) >= 11 is 10.3. The van der Waals surface area contributed by atoms with Crippen LogP contribution in [0.4, 0.5) is 14.5 Å². The fourth-order valence-electron chi connectivity index (χ4n) is 0.918. The van der Waals surface area contributed by atoms with Crippen molar-refractivity contribution in [2.45, 2.75) is 0 Å². The van der Waals surface area contributed by atoms with Gasteiger partial charge >= 0.3 is 10.5 Å². The minimum Gasteiger partial charge on any atom is -0.275 e. The van der Waals surface area contributed by atoms with Crippen molar-refractivity contribution < 1.29 is 22.0 Å². The number of benzene rings is 1. The van der Waals surface area contributed by atoms with Crippen LogP contribution in [0, 0.1) is 11.6 Å². The van der Waals surface area contributed by atoms with E-state index in [9.17, 15) is 22.0 Å². The summed E-state index contributed by atoms with van der Waals surface area (Å²) in [5, 5.41) is -2.00. The van der Waals surface area contributed by atoms with E-state index in [-0.39, 0.29) is 0 Å². The highest BCUT2D eigenvalue weighted by Gasteiger charge is 2.22. The molecule has 0 aliphatic rings. The predicted octanol–water partition coefficient (Wildman–Crippen LogP) is 2.69. The van der Waals surface area contributed by atoms with Crippen molar-refractivity contribution in [1.82, 2.24) is 0 Å². The van der Waals surface area contributed by atoms with Crippen LogP contribution >= 0.6 is 23.2 Å². The molecule has 1 aromatic carbocycles. The Balaban J connectivity index is 3.71. The Morgan fingerprint density at radius 2 is 1.94 bits per heavy atom. The molecule has 0 spiro atoms. The first-order valence-corrected chi connectivity index (χ1v) is 5.31. The molecule has 0 saturated heterocycles. The van der Waals surface area contributed by atoms with Gasteiger partial charge in [0.15, 0.2) is 5.82 Å². The van der Waals surface area contributed by atoms with Gasteiger partial charge in [-0.2, -0.15) is 8.42 Å². The highest BCUT2D eigenvalue weighted by Crippen LogP contribution is 2.32. The molecule has 1 rings (SSSR count). The molecule has 0 aliphatic heterocycles. The summed E-state index contributed by atoms with van der Waals surface area (Å²) in [4.78, 5) is 10.7. The summed E-state index contributed by atoms with van der Waals surface area (Å²) in [6, 6.07) is 0.548. The molecule has 9 heteroatoms. The van der Waals surface area contributed by atoms with Crippen molar-refractivity contribution in [1.29, 1.82) is 0 Å². The molecule has 0 atom stereocenters. The van der Waals surface area contributed by atoms with Gasteiger partial charge in [0.2, 0.25) is 0 Å². The van der Waals surface area contributed by atoms with Crippen molar-refractivity contribution >= 4 is 44.6 Å². The van der Waals surface area contributed by atoms with Gasteiger partial charge in [0.1, 0.15) is 17.1 Å². The zero-order chi connectivity index (χ0) is 12.5. The Bertz CT molecular complexity index is 592. The van der Waals surface area contributed by atoms with Crippen LogP contribution in [0.25, 0.3) is 0 Å². The van der Waals surface area contributed by atoms with Crippen LogP contribution in [0.2, 0.25) is 5.02 Å². The summed E-state index contributed by atoms with van der Waals surface area (Å²) in [7, 11) is -2.99. The Morgan fingerprint density at radius 1 is 1.38 bits per heavy atom. The van der Waals surface area contributed by atoms with Crippen LogP contribution in [0.5, 0.6) is 0 Å². The first kappa shape index (κ1) is 13.0. The van der Waals surface area contributed by atoms with Crippen LogP contribution in [0.3, 0.4) is 0 Å². The van der Waals surface area contributed by atoms with Crippen LogP contribution < -0.4 is 0 Å². The quantitative estimate of drug-likeness (QED) is 0.786. The minimum absolute atomic E-state index is 0.548. The normalized spacial score (nSPS) is 10.0. The smallest absolute Gasteiger partial charge is 0.275 e. The fourth-order valence-corrected chi connectivity index (χ4v) is 1.69. The zero-order valence-electron chi connectivity index (χ0n) is 7.17. The van der Waals surface area contributed by atoms with E-state index in [1.165, 1.54) is 0 Å². The Morgan fingerprint density at radius 3 is 2.38 bits per heavy atom. The van der Waals surface area contributed by atoms with E-state index in [0.29, 0.717) is 6.07 Å². The lowest BCUT2D eigenvalue weighted by molar-refractivity contribution is 0.107. The van der Waals surface area contributed by atoms with Crippen molar-refractivity contribution in [3.05, 3.63) is 28.3 Å². The molecule has 1 aromatic rings. The Kier molecular flexibility index (Phi) is 3.95. The topological polar surface area (TPSA) is 63.6 Å². The third-order valence-corrected chi connectivity index (χ3v) is 2.32. The number of carbonyl (C=O) groups excluding carboxylic acids is 1. The molecule has 16 heavy (non-hydrogen) atoms. The molecule has 0 amide bonds. The molecule has 0 heterocycles. The van der Waals surface area contributed by atoms with E-state index < -0.39 is 43.7 Å². The Hall–Kier alpha value is -1.05. The maximum Gasteiger partial charge on any atom is 0.316 e. The second-order valence-electron chi connectivity index (χ2n) is 2.46. The van der Waals surface area contributed by atoms with Gasteiger partial charge in [-0.25, -0.2) is 8.78 Å². The zero-order valence-corrected chi connectivity index (χ0v) is 9.50. The highest BCUT2D eigenvalue weighted by atomic mass is 35.5. The predicted molar refractivity (Wildman–Crippen MR) is 52.6 cm³/mol. The van der Waals surface area contributed by atoms with E-state index in [2.05, 4.69) is 4.36 Å². The average molecular weight is 288 g/mol. The van der Waals surface area contributed by atoms with Crippen LogP contribution in [0.15, 0.2) is 10.4 Å². The number of carbonyl (C=O) groups is 1. The lowest BCUT2D eigenvalue weighted by atomic mass is 10.2. The lowest BCUT2D eigenvalue weighted by Gasteiger charge is -2.03. The van der Waals surface area contributed by atoms with Gasteiger partial charge in [-0.3, -0.25) is 4.79 Å². The molecule has 0 fully saturated rings. The summed E-state index contributed by atoms with van der Waals surface area (Å²) in [5.74, 6) is -2.81. The number of halogens is 4. The monoisotopic (exact) mass is 287 g/mol. The fraction of sp³-hybridized carbons (Fsp3) is 0. The molecule has 86 valence electrons. The molecular formula is C7HCl2F2NO3S. The summed E-state index contributed by atoms with van der Waals surface area (Å²) in [6.45, 7) is 0. The second-order valence-corrected chi connectivity index (χ2v) is 3.83. The van der Waals surface area contributed by atoms with E-state index >= 15 is 0 Å². The van der Waals surface area contributed by atoms with Crippen molar-refractivity contribution in [2.75, 3.05) is 0 Å². The van der Waals surface area contributed by atoms with Crippen LogP contribution in [-0.2, 0) is 10.5 Å². The van der Waals surface area contributed by atoms with E-state index in [4.69, 9.17) is 23.2 Å². The van der Waals surface area contributed by atoms with Crippen molar-refractivity contribution in [3.63, 3.8) is 0 Å². The third-order valence-electron chi connectivity index (χ3n) is 1.51. The van der Waals surface area contributed by atoms with Crippen molar-refractivity contribution in [2.24, 2.45) is 4.36 Å². The third kappa shape index (κ3) is 2.55. The molecule has 0 N–H and O–H groups in total. The number of hydrogen-bond acceptors (Lipinski definition) is 4. The molecule has 0 unspecified atom stereocenters. The molecule has 4 nitrogen and oxygen atoms in total. The van der Waals surface area contributed by atoms with Gasteiger partial charge in [0.05, 0.1) is 5.02 Å².